The summed E-state index contributed by atoms with van der Waals surface area (Å²) in [4.78, 5) is 21.8. The number of carboxylic acids is 1. The second-order valence-corrected chi connectivity index (χ2v) is 4.22. The number of hydrogen-bond donors (Lipinski definition) is 3. The minimum Gasteiger partial charge on any atom is -0.480 e. The van der Waals surface area contributed by atoms with Crippen LogP contribution in [-0.2, 0) is 16.0 Å². The first kappa shape index (κ1) is 16.7. The van der Waals surface area contributed by atoms with E-state index in [9.17, 15) is 9.59 Å². The van der Waals surface area contributed by atoms with E-state index >= 15 is 0 Å². The van der Waals surface area contributed by atoms with Gasteiger partial charge in [0.15, 0.2) is 12.2 Å². The topological polar surface area (TPSA) is 153 Å². The molecule has 0 spiro atoms. The number of nitrogens with one attached hydrogen (secondary N) is 1. The van der Waals surface area contributed by atoms with E-state index in [0.29, 0.717) is 38.1 Å². The molecule has 10 nitrogen and oxygen atoms in total. The predicted molar refractivity (Wildman–Crippen MR) is 70.1 cm³/mol. The van der Waals surface area contributed by atoms with Gasteiger partial charge in [-0.15, -0.1) is 20.4 Å². The van der Waals surface area contributed by atoms with Gasteiger partial charge in [0.2, 0.25) is 0 Å². The normalized spacial score (nSPS) is 11.7. The van der Waals surface area contributed by atoms with Crippen molar-refractivity contribution in [2.24, 2.45) is 5.73 Å². The van der Waals surface area contributed by atoms with Crippen molar-refractivity contribution in [3.63, 3.8) is 0 Å². The molecule has 1 atom stereocenters. The summed E-state index contributed by atoms with van der Waals surface area (Å²) < 4.78 is 4.91. The first-order valence-electron chi connectivity index (χ1n) is 6.48. The van der Waals surface area contributed by atoms with Crippen LogP contribution in [0.2, 0.25) is 0 Å². The van der Waals surface area contributed by atoms with E-state index in [1.165, 1.54) is 6.33 Å². The number of nitrogens with two attached hydrogens (primary N) is 1. The number of amides is 1. The number of aromatic nitrogens is 4. The number of carbonyl (C=O) groups excluding carboxylic acids is 1. The Hall–Kier alpha value is -2.36. The standard InChI is InChI=1S/C11H18N6O4/c12-8(10(18)19)3-1-2-5-13-11(20)21-6-4-9-16-14-7-15-17-9/h7-8H,1-6,12H2,(H,13,20)(H,18,19). The van der Waals surface area contributed by atoms with Crippen LogP contribution in [-0.4, -0.2) is 56.8 Å². The summed E-state index contributed by atoms with van der Waals surface area (Å²) in [6, 6.07) is -0.856. The third-order valence-electron chi connectivity index (χ3n) is 2.54. The highest BCUT2D eigenvalue weighted by Crippen LogP contribution is 1.98. The van der Waals surface area contributed by atoms with Gasteiger partial charge < -0.3 is 20.9 Å². The van der Waals surface area contributed by atoms with E-state index in [0.717, 1.165) is 0 Å². The number of rotatable bonds is 9. The smallest absolute Gasteiger partial charge is 0.407 e. The van der Waals surface area contributed by atoms with Crippen LogP contribution in [0.25, 0.3) is 0 Å². The highest BCUT2D eigenvalue weighted by molar-refractivity contribution is 5.72. The lowest BCUT2D eigenvalue weighted by molar-refractivity contribution is -0.138. The van der Waals surface area contributed by atoms with Crippen molar-refractivity contribution in [2.75, 3.05) is 13.2 Å². The third-order valence-corrected chi connectivity index (χ3v) is 2.54. The molecular formula is C11H18N6O4. The molecule has 0 bridgehead atoms. The van der Waals surface area contributed by atoms with Gasteiger partial charge in [-0.1, -0.05) is 0 Å². The van der Waals surface area contributed by atoms with Crippen molar-refractivity contribution in [1.82, 2.24) is 25.7 Å². The summed E-state index contributed by atoms with van der Waals surface area (Å²) in [5, 5.41) is 25.6. The zero-order valence-corrected chi connectivity index (χ0v) is 11.4. The van der Waals surface area contributed by atoms with Crippen LogP contribution in [0.15, 0.2) is 6.33 Å². The second-order valence-electron chi connectivity index (χ2n) is 4.22. The average molecular weight is 298 g/mol. The Bertz CT molecular complexity index is 444. The van der Waals surface area contributed by atoms with Crippen molar-refractivity contribution in [3.8, 4) is 0 Å². The van der Waals surface area contributed by atoms with Gasteiger partial charge in [-0.2, -0.15) is 0 Å². The lowest BCUT2D eigenvalue weighted by Gasteiger charge is -2.07. The molecule has 10 heteroatoms. The molecule has 116 valence electrons. The monoisotopic (exact) mass is 298 g/mol. The van der Waals surface area contributed by atoms with Gasteiger partial charge in [-0.05, 0) is 19.3 Å². The van der Waals surface area contributed by atoms with Crippen LogP contribution >= 0.6 is 0 Å². The molecule has 0 fully saturated rings. The molecule has 1 unspecified atom stereocenters. The first-order valence-corrected chi connectivity index (χ1v) is 6.48. The number of ether oxygens (including phenoxy) is 1. The van der Waals surface area contributed by atoms with Gasteiger partial charge in [0, 0.05) is 13.0 Å². The molecule has 0 aliphatic rings. The minimum atomic E-state index is -1.02. The number of unbranched alkanes of at least 4 members (excludes halogenated alkanes) is 1. The van der Waals surface area contributed by atoms with Gasteiger partial charge in [0.05, 0.1) is 0 Å². The third kappa shape index (κ3) is 7.72. The molecule has 1 amide bonds. The molecule has 1 rings (SSSR count). The highest BCUT2D eigenvalue weighted by atomic mass is 16.5. The molecule has 1 aromatic heterocycles. The Morgan fingerprint density at radius 2 is 2.05 bits per heavy atom. The quantitative estimate of drug-likeness (QED) is 0.493. The zero-order valence-electron chi connectivity index (χ0n) is 11.4. The Balaban J connectivity index is 2.00. The molecular weight excluding hydrogens is 280 g/mol. The van der Waals surface area contributed by atoms with Crippen molar-refractivity contribution in [1.29, 1.82) is 0 Å². The number of carboxylic acid groups (broad SMARTS) is 1. The van der Waals surface area contributed by atoms with Crippen LogP contribution in [0.1, 0.15) is 25.1 Å². The maximum Gasteiger partial charge on any atom is 0.407 e. The van der Waals surface area contributed by atoms with Crippen LogP contribution in [0.5, 0.6) is 0 Å². The van der Waals surface area contributed by atoms with E-state index in [4.69, 9.17) is 15.6 Å². The number of nitrogens with zero attached hydrogens (tertiary/aromatic N) is 4. The Morgan fingerprint density at radius 1 is 1.33 bits per heavy atom. The van der Waals surface area contributed by atoms with E-state index in [1.54, 1.807) is 0 Å². The fourth-order valence-corrected chi connectivity index (χ4v) is 1.42. The van der Waals surface area contributed by atoms with Gasteiger partial charge in [0.25, 0.3) is 0 Å². The van der Waals surface area contributed by atoms with E-state index < -0.39 is 18.1 Å². The zero-order chi connectivity index (χ0) is 15.5. The molecule has 1 heterocycles. The summed E-state index contributed by atoms with van der Waals surface area (Å²) in [6.07, 6.45) is 2.62. The van der Waals surface area contributed by atoms with Gasteiger partial charge >= 0.3 is 12.1 Å². The number of hydrogen-bond acceptors (Lipinski definition) is 8. The van der Waals surface area contributed by atoms with Gasteiger partial charge in [0.1, 0.15) is 12.6 Å². The summed E-state index contributed by atoms with van der Waals surface area (Å²) in [7, 11) is 0. The molecule has 0 saturated carbocycles. The summed E-state index contributed by atoms with van der Waals surface area (Å²) in [5.41, 5.74) is 5.35. The molecule has 0 saturated heterocycles. The van der Waals surface area contributed by atoms with Gasteiger partial charge in [-0.3, -0.25) is 4.79 Å². The van der Waals surface area contributed by atoms with Crippen molar-refractivity contribution >= 4 is 12.1 Å². The number of aliphatic carboxylic acids is 1. The molecule has 0 aromatic carbocycles. The Kier molecular flexibility index (Phi) is 7.58. The molecule has 4 N–H and O–H groups in total. The van der Waals surface area contributed by atoms with E-state index in [2.05, 4.69) is 25.7 Å². The predicted octanol–water partition coefficient (Wildman–Crippen LogP) is -0.882. The Morgan fingerprint density at radius 3 is 2.71 bits per heavy atom. The number of alkyl carbamates (subject to hydrolysis) is 1. The summed E-state index contributed by atoms with van der Waals surface area (Å²) in [5.74, 6) is -0.623. The maximum atomic E-state index is 11.3. The van der Waals surface area contributed by atoms with Crippen molar-refractivity contribution < 1.29 is 19.4 Å². The minimum absolute atomic E-state index is 0.128. The van der Waals surface area contributed by atoms with Crippen LogP contribution in [0.4, 0.5) is 4.79 Å². The summed E-state index contributed by atoms with van der Waals surface area (Å²) >= 11 is 0. The lowest BCUT2D eigenvalue weighted by Crippen LogP contribution is -2.30. The van der Waals surface area contributed by atoms with Crippen LogP contribution in [0, 0.1) is 0 Å². The van der Waals surface area contributed by atoms with Crippen molar-refractivity contribution in [3.05, 3.63) is 12.2 Å². The fourth-order valence-electron chi connectivity index (χ4n) is 1.42. The summed E-state index contributed by atoms with van der Waals surface area (Å²) in [6.45, 7) is 0.527. The van der Waals surface area contributed by atoms with Crippen LogP contribution < -0.4 is 11.1 Å². The molecule has 21 heavy (non-hydrogen) atoms. The molecule has 0 aliphatic heterocycles. The van der Waals surface area contributed by atoms with Gasteiger partial charge in [-0.25, -0.2) is 4.79 Å². The SMILES string of the molecule is NC(CCCCNC(=O)OCCc1nncnn1)C(=O)O. The van der Waals surface area contributed by atoms with Crippen LogP contribution in [0.3, 0.4) is 0 Å². The molecule has 1 aromatic rings. The highest BCUT2D eigenvalue weighted by Gasteiger charge is 2.10. The largest absolute Gasteiger partial charge is 0.480 e. The lowest BCUT2D eigenvalue weighted by atomic mass is 10.1. The average Bonchev–Trinajstić information content (AvgIpc) is 2.47. The fraction of sp³-hybridized carbons (Fsp3) is 0.636. The van der Waals surface area contributed by atoms with Crippen molar-refractivity contribution in [2.45, 2.75) is 31.7 Å². The maximum absolute atomic E-state index is 11.3. The second kappa shape index (κ2) is 9.53. The number of carbonyl (C=O) groups is 2. The molecule has 0 radical (unpaired) electrons. The molecule has 0 aliphatic carbocycles. The Labute approximate surface area is 121 Å². The van der Waals surface area contributed by atoms with E-state index in [-0.39, 0.29) is 6.61 Å². The van der Waals surface area contributed by atoms with E-state index in [1.807, 2.05) is 0 Å². The first-order chi connectivity index (χ1) is 10.1.